The van der Waals surface area contributed by atoms with E-state index in [9.17, 15) is 0 Å². The van der Waals surface area contributed by atoms with Gasteiger partial charge in [0.25, 0.3) is 0 Å². The first-order valence-electron chi connectivity index (χ1n) is 14.4. The molecule has 4 heteroatoms. The van der Waals surface area contributed by atoms with E-state index in [-0.39, 0.29) is 0 Å². The molecular weight excluding hydrogens is 519 g/mol. The predicted molar refractivity (Wildman–Crippen MR) is 171 cm³/mol. The van der Waals surface area contributed by atoms with E-state index in [2.05, 4.69) is 143 Å². The monoisotopic (exact) mass is 550 g/mol. The van der Waals surface area contributed by atoms with Crippen LogP contribution in [0.4, 0.5) is 0 Å². The van der Waals surface area contributed by atoms with Crippen molar-refractivity contribution in [2.75, 3.05) is 0 Å². The van der Waals surface area contributed by atoms with Crippen molar-refractivity contribution >= 4 is 47.3 Å². The van der Waals surface area contributed by atoms with Crippen LogP contribution in [0.2, 0.25) is 0 Å². The van der Waals surface area contributed by atoms with Gasteiger partial charge in [-0.25, -0.2) is 0 Å². The zero-order valence-electron chi connectivity index (χ0n) is 23.8. The van der Waals surface area contributed by atoms with E-state index in [0.717, 1.165) is 5.46 Å². The van der Waals surface area contributed by atoms with Gasteiger partial charge >= 0.3 is 7.12 Å². The van der Waals surface area contributed by atoms with Gasteiger partial charge in [0.15, 0.2) is 0 Å². The Labute approximate surface area is 246 Å². The first-order valence-corrected chi connectivity index (χ1v) is 15.2. The molecule has 5 aromatic rings. The highest BCUT2D eigenvalue weighted by Gasteiger charge is 2.53. The summed E-state index contributed by atoms with van der Waals surface area (Å²) in [6.07, 6.45) is 4.56. The minimum atomic E-state index is -0.518. The maximum atomic E-state index is 6.57. The maximum Gasteiger partial charge on any atom is 0.494 e. The molecule has 0 amide bonds. The molecule has 5 aromatic carbocycles. The Morgan fingerprint density at radius 2 is 1.24 bits per heavy atom. The van der Waals surface area contributed by atoms with Gasteiger partial charge in [-0.1, -0.05) is 121 Å². The van der Waals surface area contributed by atoms with Gasteiger partial charge in [0, 0.05) is 9.79 Å². The maximum absolute atomic E-state index is 6.57. The van der Waals surface area contributed by atoms with E-state index in [0.29, 0.717) is 0 Å². The first kappa shape index (κ1) is 25.2. The Bertz CT molecular complexity index is 1890. The van der Waals surface area contributed by atoms with Crippen molar-refractivity contribution < 1.29 is 9.31 Å². The van der Waals surface area contributed by atoms with Crippen LogP contribution in [0.5, 0.6) is 0 Å². The fraction of sp³-hybridized carbons (Fsp3) is 0.189. The van der Waals surface area contributed by atoms with E-state index in [4.69, 9.17) is 9.31 Å². The molecule has 8 rings (SSSR count). The van der Waals surface area contributed by atoms with Crippen LogP contribution in [-0.4, -0.2) is 18.3 Å². The first-order chi connectivity index (χ1) is 19.8. The summed E-state index contributed by atoms with van der Waals surface area (Å²) >= 11 is 1.89. The molecule has 200 valence electrons. The topological polar surface area (TPSA) is 18.5 Å². The largest absolute Gasteiger partial charge is 0.494 e. The third-order valence-electron chi connectivity index (χ3n) is 9.60. The summed E-state index contributed by atoms with van der Waals surface area (Å²) in [5, 5.41) is 2.56. The minimum Gasteiger partial charge on any atom is -0.399 e. The molecule has 1 atom stereocenters. The molecule has 0 N–H and O–H groups in total. The Kier molecular flexibility index (Phi) is 5.35. The Morgan fingerprint density at radius 3 is 2.05 bits per heavy atom. The van der Waals surface area contributed by atoms with Gasteiger partial charge in [0.2, 0.25) is 0 Å². The predicted octanol–water partition coefficient (Wildman–Crippen LogP) is 8.47. The molecule has 1 saturated heterocycles. The number of benzene rings is 5. The van der Waals surface area contributed by atoms with Crippen LogP contribution < -0.4 is 5.46 Å². The molecule has 0 saturated carbocycles. The number of hydrogen-bond acceptors (Lipinski definition) is 3. The second-order valence-corrected chi connectivity index (χ2v) is 13.4. The lowest BCUT2D eigenvalue weighted by Crippen LogP contribution is -2.41. The highest BCUT2D eigenvalue weighted by atomic mass is 32.2. The lowest BCUT2D eigenvalue weighted by molar-refractivity contribution is 0.00578. The minimum absolute atomic E-state index is 0.408. The lowest BCUT2D eigenvalue weighted by atomic mass is 9.62. The van der Waals surface area contributed by atoms with Crippen LogP contribution in [0.3, 0.4) is 0 Å². The summed E-state index contributed by atoms with van der Waals surface area (Å²) in [6.45, 7) is 8.47. The molecular formula is C37H31BO2S. The molecule has 2 heterocycles. The molecule has 3 aliphatic rings. The van der Waals surface area contributed by atoms with Crippen LogP contribution in [-0.2, 0) is 14.7 Å². The van der Waals surface area contributed by atoms with Gasteiger partial charge in [-0.3, -0.25) is 0 Å². The standard InChI is InChI=1S/C37H31BO2S/c1-35(2)36(3,4)40-38(39-35)27-21-19-26-18-17-25-12-6-8-14-29(25)37(32(26)23-27)30-15-9-10-16-33(30)41-34-28-13-7-5-11-24(28)20-22-31(34)37/h5-23H,1-4H3. The second kappa shape index (κ2) is 8.72. The quantitative estimate of drug-likeness (QED) is 0.191. The summed E-state index contributed by atoms with van der Waals surface area (Å²) < 4.78 is 13.1. The van der Waals surface area contributed by atoms with Crippen molar-refractivity contribution in [2.24, 2.45) is 0 Å². The third-order valence-corrected chi connectivity index (χ3v) is 10.8. The van der Waals surface area contributed by atoms with Crippen molar-refractivity contribution in [3.05, 3.63) is 137 Å². The molecule has 41 heavy (non-hydrogen) atoms. The smallest absolute Gasteiger partial charge is 0.399 e. The number of rotatable bonds is 1. The molecule has 0 radical (unpaired) electrons. The Hall–Kier alpha value is -3.57. The van der Waals surface area contributed by atoms with Crippen LogP contribution >= 0.6 is 11.8 Å². The molecule has 1 unspecified atom stereocenters. The van der Waals surface area contributed by atoms with Crippen LogP contribution in [0, 0.1) is 0 Å². The van der Waals surface area contributed by atoms with Crippen molar-refractivity contribution in [3.8, 4) is 0 Å². The van der Waals surface area contributed by atoms with E-state index in [1.807, 2.05) is 11.8 Å². The summed E-state index contributed by atoms with van der Waals surface area (Å²) in [5.74, 6) is 0. The summed E-state index contributed by atoms with van der Waals surface area (Å²) in [6, 6.07) is 38.1. The van der Waals surface area contributed by atoms with E-state index < -0.39 is 23.7 Å². The van der Waals surface area contributed by atoms with Crippen molar-refractivity contribution in [3.63, 3.8) is 0 Å². The molecule has 1 fully saturated rings. The second-order valence-electron chi connectivity index (χ2n) is 12.4. The average molecular weight is 551 g/mol. The summed E-state index contributed by atoms with van der Waals surface area (Å²) in [5.41, 5.74) is 7.36. The molecule has 2 nitrogen and oxygen atoms in total. The number of fused-ring (bicyclic) bond motifs is 10. The third kappa shape index (κ3) is 3.48. The average Bonchev–Trinajstić information content (AvgIpc) is 3.11. The van der Waals surface area contributed by atoms with E-state index in [1.165, 1.54) is 53.9 Å². The molecule has 1 spiro atoms. The van der Waals surface area contributed by atoms with Crippen molar-refractivity contribution in [2.45, 2.75) is 54.1 Å². The van der Waals surface area contributed by atoms with Crippen LogP contribution in [0.25, 0.3) is 22.9 Å². The molecule has 1 aliphatic carbocycles. The molecule has 2 aliphatic heterocycles. The molecule has 0 aromatic heterocycles. The zero-order valence-corrected chi connectivity index (χ0v) is 24.6. The fourth-order valence-electron chi connectivity index (χ4n) is 6.83. The zero-order chi connectivity index (χ0) is 28.0. The van der Waals surface area contributed by atoms with Gasteiger partial charge in [0.1, 0.15) is 0 Å². The highest BCUT2D eigenvalue weighted by molar-refractivity contribution is 7.99. The number of hydrogen-bond donors (Lipinski definition) is 0. The van der Waals surface area contributed by atoms with Crippen molar-refractivity contribution in [1.82, 2.24) is 0 Å². The SMILES string of the molecule is CC1(C)OB(c2ccc3c(c2)C2(c4ccccc4C=C3)c3ccccc3Sc3c2ccc2ccccc32)OC1(C)C. The van der Waals surface area contributed by atoms with Gasteiger partial charge in [0.05, 0.1) is 16.6 Å². The highest BCUT2D eigenvalue weighted by Crippen LogP contribution is 2.59. The van der Waals surface area contributed by atoms with Crippen molar-refractivity contribution in [1.29, 1.82) is 0 Å². The van der Waals surface area contributed by atoms with Gasteiger partial charge < -0.3 is 9.31 Å². The lowest BCUT2D eigenvalue weighted by Gasteiger charge is -2.43. The Morgan fingerprint density at radius 1 is 0.585 bits per heavy atom. The van der Waals surface area contributed by atoms with Gasteiger partial charge in [-0.2, -0.15) is 0 Å². The fourth-order valence-corrected chi connectivity index (χ4v) is 8.15. The normalized spacial score (nSPS) is 21.2. The molecule has 0 bridgehead atoms. The summed E-state index contributed by atoms with van der Waals surface area (Å²) in [7, 11) is -0.436. The van der Waals surface area contributed by atoms with E-state index >= 15 is 0 Å². The van der Waals surface area contributed by atoms with Gasteiger partial charge in [-0.05, 0) is 83.4 Å². The van der Waals surface area contributed by atoms with Crippen LogP contribution in [0.1, 0.15) is 61.1 Å². The van der Waals surface area contributed by atoms with Gasteiger partial charge in [-0.15, -0.1) is 0 Å². The Balaban J connectivity index is 1.49. The van der Waals surface area contributed by atoms with Crippen LogP contribution in [0.15, 0.2) is 113 Å². The van der Waals surface area contributed by atoms with E-state index in [1.54, 1.807) is 0 Å². The summed E-state index contributed by atoms with van der Waals surface area (Å²) in [4.78, 5) is 2.62.